The van der Waals surface area contributed by atoms with Crippen LogP contribution >= 0.6 is 0 Å². The molecule has 1 fully saturated rings. The SMILES string of the molecule is CCC(=O)OCc1ccc(O[C@@H]2O[C@H](C(=O)O)[C@@H](O)[C@H](O)[C@H]2O)c(NC(=O)CCNC)c1. The molecule has 0 spiro atoms. The van der Waals surface area contributed by atoms with Crippen LogP contribution in [0.5, 0.6) is 5.75 Å². The first kappa shape index (κ1) is 25.5. The standard InChI is InChI=1S/C20H28N2O10/c1-3-14(24)30-9-10-4-5-12(11(8-10)22-13(23)6-7-21-2)31-20-17(27)15(25)16(26)18(32-20)19(28)29/h4-5,8,15-18,20-21,25-27H,3,6-7,9H2,1-2H3,(H,22,23)(H,28,29)/t15-,16-,17+,18-,20+/m0/s1. The highest BCUT2D eigenvalue weighted by molar-refractivity contribution is 5.92. The Hall–Kier alpha value is -2.77. The van der Waals surface area contributed by atoms with Gasteiger partial charge in [-0.25, -0.2) is 4.79 Å². The lowest BCUT2D eigenvalue weighted by atomic mass is 9.99. The van der Waals surface area contributed by atoms with Gasteiger partial charge in [-0.2, -0.15) is 0 Å². The molecule has 1 aliphatic heterocycles. The number of carboxylic acids is 1. The number of amides is 1. The predicted octanol–water partition coefficient (Wildman–Crippen LogP) is -1.04. The van der Waals surface area contributed by atoms with E-state index < -0.39 is 42.6 Å². The Morgan fingerprint density at radius 2 is 1.84 bits per heavy atom. The lowest BCUT2D eigenvalue weighted by Gasteiger charge is -2.38. The number of carbonyl (C=O) groups excluding carboxylic acids is 2. The van der Waals surface area contributed by atoms with Gasteiger partial charge in [-0.3, -0.25) is 9.59 Å². The smallest absolute Gasteiger partial charge is 0.335 e. The number of anilines is 1. The molecule has 1 heterocycles. The van der Waals surface area contributed by atoms with Crippen molar-refractivity contribution in [1.29, 1.82) is 0 Å². The third kappa shape index (κ3) is 6.61. The largest absolute Gasteiger partial charge is 0.479 e. The molecule has 12 nitrogen and oxygen atoms in total. The highest BCUT2D eigenvalue weighted by atomic mass is 16.7. The Labute approximate surface area is 184 Å². The Kier molecular flexibility index (Phi) is 9.35. The van der Waals surface area contributed by atoms with Gasteiger partial charge in [0.15, 0.2) is 6.10 Å². The van der Waals surface area contributed by atoms with Gasteiger partial charge in [0.25, 0.3) is 0 Å². The number of carboxylic acid groups (broad SMARTS) is 1. The minimum atomic E-state index is -1.86. The summed E-state index contributed by atoms with van der Waals surface area (Å²) in [6.07, 6.45) is -8.61. The van der Waals surface area contributed by atoms with E-state index in [-0.39, 0.29) is 36.8 Å². The van der Waals surface area contributed by atoms with Gasteiger partial charge in [0.05, 0.1) is 5.69 Å². The van der Waals surface area contributed by atoms with Crippen molar-refractivity contribution in [1.82, 2.24) is 5.32 Å². The summed E-state index contributed by atoms with van der Waals surface area (Å²) < 4.78 is 15.8. The summed E-state index contributed by atoms with van der Waals surface area (Å²) in [5.74, 6) is -2.32. The molecule has 12 heteroatoms. The maximum Gasteiger partial charge on any atom is 0.335 e. The van der Waals surface area contributed by atoms with Crippen LogP contribution in [0.2, 0.25) is 0 Å². The van der Waals surface area contributed by atoms with Crippen molar-refractivity contribution in [3.05, 3.63) is 23.8 Å². The first-order chi connectivity index (χ1) is 15.2. The number of aliphatic hydroxyl groups excluding tert-OH is 3. The van der Waals surface area contributed by atoms with Crippen LogP contribution in [0, 0.1) is 0 Å². The number of esters is 1. The minimum absolute atomic E-state index is 0.00477. The fourth-order valence-electron chi connectivity index (χ4n) is 2.86. The molecule has 6 N–H and O–H groups in total. The molecule has 0 saturated carbocycles. The minimum Gasteiger partial charge on any atom is -0.479 e. The van der Waals surface area contributed by atoms with Gasteiger partial charge in [0.1, 0.15) is 30.7 Å². The number of rotatable bonds is 10. The molecular weight excluding hydrogens is 428 g/mol. The van der Waals surface area contributed by atoms with Gasteiger partial charge in [-0.15, -0.1) is 0 Å². The molecule has 1 aromatic rings. The van der Waals surface area contributed by atoms with Crippen LogP contribution in [0.15, 0.2) is 18.2 Å². The Morgan fingerprint density at radius 3 is 2.47 bits per heavy atom. The van der Waals surface area contributed by atoms with Crippen LogP contribution in [-0.4, -0.2) is 82.6 Å². The van der Waals surface area contributed by atoms with Gasteiger partial charge in [0, 0.05) is 19.4 Å². The first-order valence-electron chi connectivity index (χ1n) is 10.00. The highest BCUT2D eigenvalue weighted by Gasteiger charge is 2.48. The number of hydrogen-bond acceptors (Lipinski definition) is 10. The number of aliphatic hydroxyl groups is 3. The molecule has 2 rings (SSSR count). The predicted molar refractivity (Wildman–Crippen MR) is 109 cm³/mol. The fraction of sp³-hybridized carbons (Fsp3) is 0.550. The van der Waals surface area contributed by atoms with Crippen molar-refractivity contribution in [2.75, 3.05) is 18.9 Å². The van der Waals surface area contributed by atoms with Gasteiger partial charge >= 0.3 is 11.9 Å². The van der Waals surface area contributed by atoms with E-state index in [1.165, 1.54) is 18.2 Å². The van der Waals surface area contributed by atoms with Crippen LogP contribution in [0.1, 0.15) is 25.3 Å². The zero-order valence-corrected chi connectivity index (χ0v) is 17.7. The molecular formula is C20H28N2O10. The van der Waals surface area contributed by atoms with Crippen molar-refractivity contribution in [3.63, 3.8) is 0 Å². The number of carbonyl (C=O) groups is 3. The van der Waals surface area contributed by atoms with Crippen LogP contribution in [0.3, 0.4) is 0 Å². The fourth-order valence-corrected chi connectivity index (χ4v) is 2.86. The molecule has 0 radical (unpaired) electrons. The van der Waals surface area contributed by atoms with Crippen LogP contribution in [0.4, 0.5) is 5.69 Å². The molecule has 5 atom stereocenters. The highest BCUT2D eigenvalue weighted by Crippen LogP contribution is 2.31. The summed E-state index contributed by atoms with van der Waals surface area (Å²) in [5, 5.41) is 44.6. The van der Waals surface area contributed by atoms with E-state index in [0.717, 1.165) is 0 Å². The summed E-state index contributed by atoms with van der Waals surface area (Å²) in [5.41, 5.74) is 0.687. The zero-order valence-electron chi connectivity index (χ0n) is 17.7. The van der Waals surface area contributed by atoms with E-state index in [2.05, 4.69) is 10.6 Å². The number of nitrogens with one attached hydrogen (secondary N) is 2. The maximum absolute atomic E-state index is 12.2. The Morgan fingerprint density at radius 1 is 1.12 bits per heavy atom. The molecule has 0 aromatic heterocycles. The second kappa shape index (κ2) is 11.7. The lowest BCUT2D eigenvalue weighted by molar-refractivity contribution is -0.271. The van der Waals surface area contributed by atoms with Crippen LogP contribution in [-0.2, 0) is 30.5 Å². The van der Waals surface area contributed by atoms with Crippen molar-refractivity contribution in [2.24, 2.45) is 0 Å². The van der Waals surface area contributed by atoms with Crippen molar-refractivity contribution >= 4 is 23.5 Å². The lowest BCUT2D eigenvalue weighted by Crippen LogP contribution is -2.61. The van der Waals surface area contributed by atoms with Crippen molar-refractivity contribution < 1.29 is 49.0 Å². The summed E-state index contributed by atoms with van der Waals surface area (Å²) >= 11 is 0. The quantitative estimate of drug-likeness (QED) is 0.236. The summed E-state index contributed by atoms with van der Waals surface area (Å²) in [6, 6.07) is 4.44. The van der Waals surface area contributed by atoms with E-state index in [1.807, 2.05) is 0 Å². The van der Waals surface area contributed by atoms with Gasteiger partial charge in [0.2, 0.25) is 12.2 Å². The number of ether oxygens (including phenoxy) is 3. The van der Waals surface area contributed by atoms with E-state index >= 15 is 0 Å². The second-order valence-electron chi connectivity index (χ2n) is 7.10. The molecule has 0 bridgehead atoms. The van der Waals surface area contributed by atoms with Gasteiger partial charge in [-0.05, 0) is 24.7 Å². The van der Waals surface area contributed by atoms with Crippen LogP contribution in [0.25, 0.3) is 0 Å². The van der Waals surface area contributed by atoms with Crippen molar-refractivity contribution in [3.8, 4) is 5.75 Å². The normalized spacial score (nSPS) is 25.1. The number of benzene rings is 1. The van der Waals surface area contributed by atoms with Crippen LogP contribution < -0.4 is 15.4 Å². The van der Waals surface area contributed by atoms with E-state index in [0.29, 0.717) is 12.1 Å². The van der Waals surface area contributed by atoms with Crippen molar-refractivity contribution in [2.45, 2.75) is 57.1 Å². The summed E-state index contributed by atoms with van der Waals surface area (Å²) in [4.78, 5) is 34.9. The topological polar surface area (TPSA) is 184 Å². The monoisotopic (exact) mass is 456 g/mol. The third-order valence-corrected chi connectivity index (χ3v) is 4.66. The number of aliphatic carboxylic acids is 1. The molecule has 32 heavy (non-hydrogen) atoms. The third-order valence-electron chi connectivity index (χ3n) is 4.66. The molecule has 0 unspecified atom stereocenters. The second-order valence-corrected chi connectivity index (χ2v) is 7.10. The van der Waals surface area contributed by atoms with E-state index in [4.69, 9.17) is 14.2 Å². The molecule has 1 saturated heterocycles. The molecule has 178 valence electrons. The number of hydrogen-bond donors (Lipinski definition) is 6. The molecule has 1 aromatic carbocycles. The van der Waals surface area contributed by atoms with Gasteiger partial charge < -0.3 is 45.3 Å². The Bertz CT molecular complexity index is 818. The average molecular weight is 456 g/mol. The molecule has 1 amide bonds. The van der Waals surface area contributed by atoms with E-state index in [9.17, 15) is 34.8 Å². The summed E-state index contributed by atoms with van der Waals surface area (Å²) in [7, 11) is 1.69. The van der Waals surface area contributed by atoms with Gasteiger partial charge in [-0.1, -0.05) is 13.0 Å². The Balaban J connectivity index is 2.26. The molecule has 0 aliphatic carbocycles. The molecule has 1 aliphatic rings. The van der Waals surface area contributed by atoms with E-state index in [1.54, 1.807) is 14.0 Å². The maximum atomic E-state index is 12.2. The zero-order chi connectivity index (χ0) is 23.8. The first-order valence-corrected chi connectivity index (χ1v) is 10.00. The summed E-state index contributed by atoms with van der Waals surface area (Å²) in [6.45, 7) is 2.00. The average Bonchev–Trinajstić information content (AvgIpc) is 2.77.